The van der Waals surface area contributed by atoms with Crippen LogP contribution in [0.25, 0.3) is 0 Å². The first kappa shape index (κ1) is 14.4. The van der Waals surface area contributed by atoms with Gasteiger partial charge in [0.2, 0.25) is 5.91 Å². The smallest absolute Gasteiger partial charge is 0.306 e. The maximum Gasteiger partial charge on any atom is 0.306 e. The normalized spacial score (nSPS) is 21.7. The summed E-state index contributed by atoms with van der Waals surface area (Å²) in [5.74, 6) is -1.41. The summed E-state index contributed by atoms with van der Waals surface area (Å²) in [5.41, 5.74) is 2.15. The summed E-state index contributed by atoms with van der Waals surface area (Å²) >= 11 is 0. The minimum atomic E-state index is -0.822. The number of carbonyl (C=O) groups excluding carboxylic acids is 1. The highest BCUT2D eigenvalue weighted by atomic mass is 16.4. The lowest BCUT2D eigenvalue weighted by Crippen LogP contribution is -2.22. The van der Waals surface area contributed by atoms with Gasteiger partial charge >= 0.3 is 5.97 Å². The molecule has 3 N–H and O–H groups in total. The van der Waals surface area contributed by atoms with Crippen LogP contribution in [-0.2, 0) is 9.59 Å². The third kappa shape index (κ3) is 2.92. The Kier molecular flexibility index (Phi) is 3.97. The summed E-state index contributed by atoms with van der Waals surface area (Å²) in [6, 6.07) is 3.34. The lowest BCUT2D eigenvalue weighted by Gasteiger charge is -2.14. The van der Waals surface area contributed by atoms with E-state index in [2.05, 4.69) is 5.32 Å². The fraction of sp³-hybridized carbons (Fsp3) is 0.467. The average molecular weight is 277 g/mol. The van der Waals surface area contributed by atoms with Crippen LogP contribution in [0.5, 0.6) is 5.75 Å². The Morgan fingerprint density at radius 1 is 1.15 bits per heavy atom. The Bertz CT molecular complexity index is 553. The van der Waals surface area contributed by atoms with Gasteiger partial charge in [0.25, 0.3) is 0 Å². The van der Waals surface area contributed by atoms with Crippen molar-refractivity contribution in [3.63, 3.8) is 0 Å². The van der Waals surface area contributed by atoms with Crippen molar-refractivity contribution in [1.82, 2.24) is 0 Å². The summed E-state index contributed by atoms with van der Waals surface area (Å²) < 4.78 is 0. The number of nitrogens with one attached hydrogen (secondary N) is 1. The Balaban J connectivity index is 2.06. The number of rotatable bonds is 3. The molecule has 2 unspecified atom stereocenters. The largest absolute Gasteiger partial charge is 0.508 e. The van der Waals surface area contributed by atoms with Crippen LogP contribution in [-0.4, -0.2) is 22.1 Å². The molecule has 0 bridgehead atoms. The van der Waals surface area contributed by atoms with E-state index in [0.29, 0.717) is 30.5 Å². The van der Waals surface area contributed by atoms with Crippen LogP contribution < -0.4 is 5.32 Å². The van der Waals surface area contributed by atoms with Crippen LogP contribution in [0.2, 0.25) is 0 Å². The number of phenolic OH excluding ortho intramolecular Hbond substituents is 1. The van der Waals surface area contributed by atoms with Crippen LogP contribution in [0.1, 0.15) is 30.4 Å². The van der Waals surface area contributed by atoms with E-state index >= 15 is 0 Å². The molecule has 1 aliphatic carbocycles. The van der Waals surface area contributed by atoms with Gasteiger partial charge in [0.15, 0.2) is 0 Å². The first-order chi connectivity index (χ1) is 9.38. The van der Waals surface area contributed by atoms with Gasteiger partial charge in [-0.05, 0) is 56.4 Å². The number of amides is 1. The average Bonchev–Trinajstić information content (AvgIpc) is 2.85. The van der Waals surface area contributed by atoms with Gasteiger partial charge in [-0.2, -0.15) is 0 Å². The zero-order chi connectivity index (χ0) is 14.9. The van der Waals surface area contributed by atoms with Crippen LogP contribution in [0, 0.1) is 25.7 Å². The molecule has 5 heteroatoms. The zero-order valence-electron chi connectivity index (χ0n) is 11.6. The summed E-state index contributed by atoms with van der Waals surface area (Å²) in [5, 5.41) is 21.4. The quantitative estimate of drug-likeness (QED) is 0.741. The zero-order valence-corrected chi connectivity index (χ0v) is 11.6. The molecular weight excluding hydrogens is 258 g/mol. The van der Waals surface area contributed by atoms with Gasteiger partial charge in [0, 0.05) is 11.6 Å². The number of benzene rings is 1. The first-order valence-electron chi connectivity index (χ1n) is 6.72. The van der Waals surface area contributed by atoms with Crippen LogP contribution in [0.3, 0.4) is 0 Å². The third-order valence-electron chi connectivity index (χ3n) is 3.95. The molecule has 108 valence electrons. The second-order valence-electron chi connectivity index (χ2n) is 5.49. The molecule has 2 atom stereocenters. The molecule has 20 heavy (non-hydrogen) atoms. The van der Waals surface area contributed by atoms with Crippen molar-refractivity contribution in [2.45, 2.75) is 33.1 Å². The lowest BCUT2D eigenvalue weighted by atomic mass is 10.0. The van der Waals surface area contributed by atoms with Crippen molar-refractivity contribution >= 4 is 17.6 Å². The van der Waals surface area contributed by atoms with Gasteiger partial charge < -0.3 is 15.5 Å². The number of aryl methyl sites for hydroxylation is 2. The van der Waals surface area contributed by atoms with Crippen LogP contribution >= 0.6 is 0 Å². The van der Waals surface area contributed by atoms with Crippen molar-refractivity contribution in [3.8, 4) is 5.75 Å². The number of phenols is 1. The molecule has 1 saturated carbocycles. The molecule has 0 aromatic heterocycles. The number of hydrogen-bond donors (Lipinski definition) is 3. The maximum atomic E-state index is 12.2. The lowest BCUT2D eigenvalue weighted by molar-refractivity contribution is -0.141. The van der Waals surface area contributed by atoms with Gasteiger partial charge in [0.05, 0.1) is 5.92 Å². The van der Waals surface area contributed by atoms with Gasteiger partial charge in [-0.25, -0.2) is 0 Å². The van der Waals surface area contributed by atoms with E-state index in [1.807, 2.05) is 6.92 Å². The van der Waals surface area contributed by atoms with Gasteiger partial charge in [-0.15, -0.1) is 0 Å². The molecule has 1 fully saturated rings. The van der Waals surface area contributed by atoms with Gasteiger partial charge in [-0.1, -0.05) is 0 Å². The molecule has 1 aliphatic rings. The van der Waals surface area contributed by atoms with Crippen LogP contribution in [0.15, 0.2) is 12.1 Å². The third-order valence-corrected chi connectivity index (χ3v) is 3.95. The minimum Gasteiger partial charge on any atom is -0.508 e. The fourth-order valence-electron chi connectivity index (χ4n) is 2.61. The molecule has 0 radical (unpaired) electrons. The number of aliphatic carboxylic acids is 1. The Morgan fingerprint density at radius 2 is 1.80 bits per heavy atom. The Morgan fingerprint density at radius 3 is 2.40 bits per heavy atom. The van der Waals surface area contributed by atoms with Crippen molar-refractivity contribution in [2.75, 3.05) is 5.32 Å². The number of hydrogen-bond acceptors (Lipinski definition) is 3. The van der Waals surface area contributed by atoms with E-state index in [4.69, 9.17) is 5.11 Å². The summed E-state index contributed by atoms with van der Waals surface area (Å²) in [6.45, 7) is 3.57. The summed E-state index contributed by atoms with van der Waals surface area (Å²) in [4.78, 5) is 23.1. The molecule has 0 aliphatic heterocycles. The maximum absolute atomic E-state index is 12.2. The van der Waals surface area contributed by atoms with Crippen molar-refractivity contribution < 1.29 is 19.8 Å². The number of aromatic hydroxyl groups is 1. The van der Waals surface area contributed by atoms with E-state index in [-0.39, 0.29) is 17.6 Å². The highest BCUT2D eigenvalue weighted by Crippen LogP contribution is 2.32. The fourth-order valence-corrected chi connectivity index (χ4v) is 2.61. The van der Waals surface area contributed by atoms with Gasteiger partial charge in [-0.3, -0.25) is 9.59 Å². The second-order valence-corrected chi connectivity index (χ2v) is 5.49. The Labute approximate surface area is 117 Å². The molecule has 1 aromatic carbocycles. The molecule has 5 nitrogen and oxygen atoms in total. The molecule has 0 spiro atoms. The van der Waals surface area contributed by atoms with E-state index in [1.54, 1.807) is 19.1 Å². The van der Waals surface area contributed by atoms with E-state index in [0.717, 1.165) is 5.56 Å². The molecular formula is C15H19NO4. The molecule has 0 saturated heterocycles. The topological polar surface area (TPSA) is 86.6 Å². The highest BCUT2D eigenvalue weighted by Gasteiger charge is 2.33. The highest BCUT2D eigenvalue weighted by molar-refractivity contribution is 5.94. The van der Waals surface area contributed by atoms with Crippen molar-refractivity contribution in [3.05, 3.63) is 23.3 Å². The monoisotopic (exact) mass is 277 g/mol. The standard InChI is InChI=1S/C15H19NO4/c1-8-6-13(17)9(2)5-12(8)16-14(18)10-3-4-11(7-10)15(19)20/h5-6,10-11,17H,3-4,7H2,1-2H3,(H,16,18)(H,19,20). The molecule has 0 heterocycles. The Hall–Kier alpha value is -2.04. The van der Waals surface area contributed by atoms with Crippen molar-refractivity contribution in [2.24, 2.45) is 11.8 Å². The van der Waals surface area contributed by atoms with E-state index < -0.39 is 11.9 Å². The number of anilines is 1. The number of carboxylic acids is 1. The first-order valence-corrected chi connectivity index (χ1v) is 6.72. The molecule has 1 amide bonds. The number of carbonyl (C=O) groups is 2. The van der Waals surface area contributed by atoms with E-state index in [9.17, 15) is 14.7 Å². The predicted molar refractivity (Wildman–Crippen MR) is 74.7 cm³/mol. The number of carboxylic acid groups (broad SMARTS) is 1. The summed E-state index contributed by atoms with van der Waals surface area (Å²) in [7, 11) is 0. The van der Waals surface area contributed by atoms with Crippen LogP contribution in [0.4, 0.5) is 5.69 Å². The molecule has 2 rings (SSSR count). The van der Waals surface area contributed by atoms with Crippen molar-refractivity contribution in [1.29, 1.82) is 0 Å². The molecule has 1 aromatic rings. The van der Waals surface area contributed by atoms with E-state index in [1.165, 1.54) is 0 Å². The summed E-state index contributed by atoms with van der Waals surface area (Å²) in [6.07, 6.45) is 1.57. The predicted octanol–water partition coefficient (Wildman–Crippen LogP) is 2.45. The SMILES string of the molecule is Cc1cc(NC(=O)C2CCC(C(=O)O)C2)c(C)cc1O. The minimum absolute atomic E-state index is 0.137. The van der Waals surface area contributed by atoms with Gasteiger partial charge in [0.1, 0.15) is 5.75 Å². The second kappa shape index (κ2) is 5.53.